The molecule has 0 amide bonds. The Bertz CT molecular complexity index is 562. The molecule has 0 aromatic heterocycles. The van der Waals surface area contributed by atoms with Crippen molar-refractivity contribution in [3.8, 4) is 0 Å². The van der Waals surface area contributed by atoms with E-state index in [0.29, 0.717) is 19.0 Å². The second kappa shape index (κ2) is 5.67. The fraction of sp³-hybridized carbons (Fsp3) is 0.533. The lowest BCUT2D eigenvalue weighted by Crippen LogP contribution is -2.39. The van der Waals surface area contributed by atoms with E-state index in [1.54, 1.807) is 4.90 Å². The van der Waals surface area contributed by atoms with E-state index in [0.717, 1.165) is 6.07 Å². The lowest BCUT2D eigenvalue weighted by atomic mass is 9.76. The van der Waals surface area contributed by atoms with Crippen LogP contribution in [0.15, 0.2) is 12.1 Å². The molecule has 6 heteroatoms. The summed E-state index contributed by atoms with van der Waals surface area (Å²) in [4.78, 5) is 13.3. The molecule has 1 saturated heterocycles. The molecule has 1 N–H and O–H groups in total. The number of hydrogen-bond acceptors (Lipinski definition) is 2. The van der Waals surface area contributed by atoms with Crippen molar-refractivity contribution in [3.63, 3.8) is 0 Å². The number of benzene rings is 1. The number of nitrogens with zero attached hydrogens (tertiary/aromatic N) is 1. The molecule has 1 atom stereocenters. The average molecular weight is 301 g/mol. The van der Waals surface area contributed by atoms with Crippen LogP contribution in [-0.2, 0) is 11.3 Å². The molecule has 1 aromatic carbocycles. The van der Waals surface area contributed by atoms with Gasteiger partial charge in [-0.15, -0.1) is 0 Å². The Morgan fingerprint density at radius 3 is 2.43 bits per heavy atom. The van der Waals surface area contributed by atoms with Gasteiger partial charge < -0.3 is 5.11 Å². The topological polar surface area (TPSA) is 40.5 Å². The van der Waals surface area contributed by atoms with E-state index in [1.165, 1.54) is 0 Å². The van der Waals surface area contributed by atoms with E-state index in [2.05, 4.69) is 0 Å². The fourth-order valence-corrected chi connectivity index (χ4v) is 2.87. The van der Waals surface area contributed by atoms with Gasteiger partial charge >= 0.3 is 5.97 Å². The molecule has 0 radical (unpaired) electrons. The Balaban J connectivity index is 2.16. The molecule has 1 aliphatic heterocycles. The Morgan fingerprint density at radius 2 is 1.90 bits per heavy atom. The van der Waals surface area contributed by atoms with Crippen molar-refractivity contribution in [1.29, 1.82) is 0 Å². The molecular formula is C15H18F3NO2. The van der Waals surface area contributed by atoms with E-state index < -0.39 is 28.8 Å². The van der Waals surface area contributed by atoms with Crippen molar-refractivity contribution in [2.45, 2.75) is 26.8 Å². The van der Waals surface area contributed by atoms with Crippen LogP contribution in [0.3, 0.4) is 0 Å². The second-order valence-corrected chi connectivity index (χ2v) is 5.93. The van der Waals surface area contributed by atoms with Crippen molar-refractivity contribution >= 4 is 5.97 Å². The third-order valence-electron chi connectivity index (χ3n) is 4.39. The van der Waals surface area contributed by atoms with Gasteiger partial charge in [0.2, 0.25) is 0 Å². The summed E-state index contributed by atoms with van der Waals surface area (Å²) in [5, 5.41) is 9.44. The first kappa shape index (κ1) is 15.8. The number of likely N-dealkylation sites (tertiary alicyclic amines) is 1. The molecule has 3 nitrogen and oxygen atoms in total. The van der Waals surface area contributed by atoms with Gasteiger partial charge in [0.15, 0.2) is 11.6 Å². The number of hydrogen-bond donors (Lipinski definition) is 1. The van der Waals surface area contributed by atoms with Crippen LogP contribution in [0.2, 0.25) is 0 Å². The number of carbonyl (C=O) groups is 1. The van der Waals surface area contributed by atoms with E-state index in [1.807, 2.05) is 13.8 Å². The highest BCUT2D eigenvalue weighted by atomic mass is 19.2. The van der Waals surface area contributed by atoms with Crippen molar-refractivity contribution in [1.82, 2.24) is 4.90 Å². The molecule has 1 aliphatic rings. The van der Waals surface area contributed by atoms with Crippen LogP contribution >= 0.6 is 0 Å². The smallest absolute Gasteiger partial charge is 0.311 e. The summed E-state index contributed by atoms with van der Waals surface area (Å²) in [5.74, 6) is -4.06. The van der Waals surface area contributed by atoms with Crippen LogP contribution in [0.5, 0.6) is 0 Å². The molecular weight excluding hydrogens is 283 g/mol. The largest absolute Gasteiger partial charge is 0.481 e. The summed E-state index contributed by atoms with van der Waals surface area (Å²) in [6.07, 6.45) is 0.464. The minimum Gasteiger partial charge on any atom is -0.481 e. The predicted molar refractivity (Wildman–Crippen MR) is 71.1 cm³/mol. The minimum atomic E-state index is -1.22. The summed E-state index contributed by atoms with van der Waals surface area (Å²) in [5.41, 5.74) is -0.825. The van der Waals surface area contributed by atoms with Crippen LogP contribution in [0.1, 0.15) is 25.8 Å². The maximum absolute atomic E-state index is 13.6. The molecule has 1 aromatic rings. The summed E-state index contributed by atoms with van der Waals surface area (Å²) in [7, 11) is 0. The molecule has 0 bridgehead atoms. The molecule has 1 fully saturated rings. The number of rotatable bonds is 4. The zero-order valence-corrected chi connectivity index (χ0v) is 12.0. The molecule has 0 saturated carbocycles. The average Bonchev–Trinajstić information content (AvgIpc) is 2.81. The summed E-state index contributed by atoms with van der Waals surface area (Å²) in [6.45, 7) is 4.53. The first-order valence-corrected chi connectivity index (χ1v) is 6.85. The van der Waals surface area contributed by atoms with Crippen molar-refractivity contribution in [2.75, 3.05) is 13.1 Å². The Kier molecular flexibility index (Phi) is 4.27. The van der Waals surface area contributed by atoms with Crippen LogP contribution in [-0.4, -0.2) is 29.1 Å². The number of aliphatic carboxylic acids is 1. The lowest BCUT2D eigenvalue weighted by molar-refractivity contribution is -0.151. The minimum absolute atomic E-state index is 0.0406. The van der Waals surface area contributed by atoms with Crippen LogP contribution in [0.25, 0.3) is 0 Å². The number of halogens is 3. The maximum Gasteiger partial charge on any atom is 0.311 e. The van der Waals surface area contributed by atoms with E-state index in [4.69, 9.17) is 0 Å². The van der Waals surface area contributed by atoms with Crippen LogP contribution < -0.4 is 0 Å². The third kappa shape index (κ3) is 2.90. The number of carboxylic acid groups (broad SMARTS) is 1. The van der Waals surface area contributed by atoms with Crippen LogP contribution in [0.4, 0.5) is 13.2 Å². The van der Waals surface area contributed by atoms with Gasteiger partial charge in [0.05, 0.1) is 5.41 Å². The van der Waals surface area contributed by atoms with Gasteiger partial charge in [0, 0.05) is 24.7 Å². The molecule has 0 spiro atoms. The molecule has 116 valence electrons. The lowest BCUT2D eigenvalue weighted by Gasteiger charge is -2.28. The van der Waals surface area contributed by atoms with Crippen molar-refractivity contribution < 1.29 is 23.1 Å². The van der Waals surface area contributed by atoms with Crippen molar-refractivity contribution in [3.05, 3.63) is 35.1 Å². The van der Waals surface area contributed by atoms with Crippen molar-refractivity contribution in [2.24, 2.45) is 11.3 Å². The highest BCUT2D eigenvalue weighted by Gasteiger charge is 2.47. The molecule has 1 heterocycles. The third-order valence-corrected chi connectivity index (χ3v) is 4.39. The van der Waals surface area contributed by atoms with Gasteiger partial charge in [-0.25, -0.2) is 13.2 Å². The summed E-state index contributed by atoms with van der Waals surface area (Å²) in [6, 6.07) is 1.36. The maximum atomic E-state index is 13.6. The van der Waals surface area contributed by atoms with Gasteiger partial charge in [-0.3, -0.25) is 9.69 Å². The van der Waals surface area contributed by atoms with Gasteiger partial charge in [-0.1, -0.05) is 13.8 Å². The molecule has 2 rings (SSSR count). The molecule has 1 unspecified atom stereocenters. The fourth-order valence-electron chi connectivity index (χ4n) is 2.87. The number of carboxylic acids is 1. The Labute approximate surface area is 121 Å². The predicted octanol–water partition coefficient (Wildman–Crippen LogP) is 3.04. The normalized spacial score (nSPS) is 23.0. The quantitative estimate of drug-likeness (QED) is 0.869. The Morgan fingerprint density at radius 1 is 1.29 bits per heavy atom. The highest BCUT2D eigenvalue weighted by Crippen LogP contribution is 2.38. The van der Waals surface area contributed by atoms with E-state index in [-0.39, 0.29) is 24.6 Å². The van der Waals surface area contributed by atoms with Crippen LogP contribution in [0, 0.1) is 28.8 Å². The van der Waals surface area contributed by atoms with Gasteiger partial charge in [0.25, 0.3) is 0 Å². The monoisotopic (exact) mass is 301 g/mol. The van der Waals surface area contributed by atoms with Gasteiger partial charge in [-0.05, 0) is 24.9 Å². The first-order valence-electron chi connectivity index (χ1n) is 6.85. The highest BCUT2D eigenvalue weighted by molar-refractivity contribution is 5.75. The zero-order chi connectivity index (χ0) is 15.8. The van der Waals surface area contributed by atoms with Gasteiger partial charge in [0.1, 0.15) is 5.82 Å². The molecule has 21 heavy (non-hydrogen) atoms. The second-order valence-electron chi connectivity index (χ2n) is 5.93. The zero-order valence-electron chi connectivity index (χ0n) is 12.0. The summed E-state index contributed by atoms with van der Waals surface area (Å²) >= 11 is 0. The van der Waals surface area contributed by atoms with Gasteiger partial charge in [-0.2, -0.15) is 0 Å². The van der Waals surface area contributed by atoms with E-state index >= 15 is 0 Å². The first-order chi connectivity index (χ1) is 9.76. The standard InChI is InChI=1S/C15H18F3NO2/c1-9(2)15(14(20)21)3-4-19(8-15)7-10-5-12(17)13(18)6-11(10)16/h5-6,9H,3-4,7-8H2,1-2H3,(H,20,21). The Hall–Kier alpha value is -1.56. The molecule has 0 aliphatic carbocycles. The summed E-state index contributed by atoms with van der Waals surface area (Å²) < 4.78 is 39.7. The SMILES string of the molecule is CC(C)C1(C(=O)O)CCN(Cc2cc(F)c(F)cc2F)C1. The van der Waals surface area contributed by atoms with E-state index in [9.17, 15) is 23.1 Å².